The molecule has 1 N–H and O–H groups in total. The van der Waals surface area contributed by atoms with Gasteiger partial charge in [-0.3, -0.25) is 9.36 Å². The van der Waals surface area contributed by atoms with Gasteiger partial charge in [0.2, 0.25) is 0 Å². The molecule has 4 nitrogen and oxygen atoms in total. The summed E-state index contributed by atoms with van der Waals surface area (Å²) in [6.45, 7) is 1.32. The summed E-state index contributed by atoms with van der Waals surface area (Å²) in [5, 5.41) is 0.673. The lowest BCUT2D eigenvalue weighted by molar-refractivity contribution is 0.00512. The first-order valence-corrected chi connectivity index (χ1v) is 7.00. The molecule has 100 valence electrons. The summed E-state index contributed by atoms with van der Waals surface area (Å²) in [7, 11) is 0. The summed E-state index contributed by atoms with van der Waals surface area (Å²) in [4.78, 5) is 15.6. The molecular weight excluding hydrogens is 260 g/mol. The smallest absolute Gasteiger partial charge is 0.262 e. The van der Waals surface area contributed by atoms with Crippen LogP contribution in [0.1, 0.15) is 19.3 Å². The zero-order valence-electron chi connectivity index (χ0n) is 10.6. The van der Waals surface area contributed by atoms with Gasteiger partial charge in [-0.25, -0.2) is 0 Å². The van der Waals surface area contributed by atoms with Crippen LogP contribution in [0, 0.1) is 4.77 Å². The molecule has 0 radical (unpaired) electrons. The highest BCUT2D eigenvalue weighted by molar-refractivity contribution is 7.71. The molecule has 1 aromatic carbocycles. The molecule has 5 heteroatoms. The van der Waals surface area contributed by atoms with Crippen LogP contribution in [-0.4, -0.2) is 22.3 Å². The van der Waals surface area contributed by atoms with Gasteiger partial charge >= 0.3 is 0 Å². The monoisotopic (exact) mass is 276 g/mol. The third kappa shape index (κ3) is 2.48. The van der Waals surface area contributed by atoms with Crippen LogP contribution in [0.2, 0.25) is 0 Å². The van der Waals surface area contributed by atoms with Crippen molar-refractivity contribution in [2.24, 2.45) is 0 Å². The summed E-state index contributed by atoms with van der Waals surface area (Å²) in [6, 6.07) is 7.44. The van der Waals surface area contributed by atoms with E-state index in [-0.39, 0.29) is 11.7 Å². The second kappa shape index (κ2) is 5.27. The molecule has 2 heterocycles. The number of nitrogens with one attached hydrogen (secondary N) is 1. The number of H-pyrrole nitrogens is 1. The Labute approximate surface area is 116 Å². The number of aromatic amines is 1. The van der Waals surface area contributed by atoms with Gasteiger partial charge in [-0.1, -0.05) is 12.1 Å². The van der Waals surface area contributed by atoms with E-state index in [0.29, 0.717) is 16.7 Å². The van der Waals surface area contributed by atoms with Crippen molar-refractivity contribution in [2.75, 3.05) is 6.61 Å². The van der Waals surface area contributed by atoms with Gasteiger partial charge in [0.25, 0.3) is 5.56 Å². The number of hydrogen-bond donors (Lipinski definition) is 1. The number of aromatic nitrogens is 2. The Morgan fingerprint density at radius 1 is 1.37 bits per heavy atom. The number of rotatable bonds is 2. The average Bonchev–Trinajstić information content (AvgIpc) is 2.45. The number of nitrogens with zero attached hydrogens (tertiary/aromatic N) is 1. The minimum atomic E-state index is -0.0338. The van der Waals surface area contributed by atoms with Crippen LogP contribution in [0.25, 0.3) is 10.9 Å². The zero-order valence-corrected chi connectivity index (χ0v) is 11.4. The summed E-state index contributed by atoms with van der Waals surface area (Å²) >= 11 is 5.29. The van der Waals surface area contributed by atoms with E-state index in [4.69, 9.17) is 17.0 Å². The maximum atomic E-state index is 12.4. The quantitative estimate of drug-likeness (QED) is 0.858. The second-order valence-corrected chi connectivity index (χ2v) is 5.27. The maximum Gasteiger partial charge on any atom is 0.262 e. The fraction of sp³-hybridized carbons (Fsp3) is 0.429. The number of para-hydroxylation sites is 1. The highest BCUT2D eigenvalue weighted by Gasteiger charge is 2.16. The van der Waals surface area contributed by atoms with Gasteiger partial charge < -0.3 is 9.72 Å². The fourth-order valence-electron chi connectivity index (χ4n) is 2.52. The molecule has 0 spiro atoms. The molecule has 1 aromatic heterocycles. The van der Waals surface area contributed by atoms with Crippen molar-refractivity contribution in [3.8, 4) is 0 Å². The average molecular weight is 276 g/mol. The molecule has 1 fully saturated rings. The standard InChI is InChI=1S/C14H16N2O2S/c17-13-11-6-1-2-7-12(11)15-14(19)16(13)9-10-5-3-4-8-18-10/h1-2,6-7,10H,3-5,8-9H2,(H,15,19). The third-order valence-electron chi connectivity index (χ3n) is 3.55. The highest BCUT2D eigenvalue weighted by Crippen LogP contribution is 2.14. The first-order valence-electron chi connectivity index (χ1n) is 6.59. The van der Waals surface area contributed by atoms with E-state index >= 15 is 0 Å². The van der Waals surface area contributed by atoms with Crippen molar-refractivity contribution in [3.63, 3.8) is 0 Å². The van der Waals surface area contributed by atoms with Gasteiger partial charge in [-0.15, -0.1) is 0 Å². The largest absolute Gasteiger partial charge is 0.376 e. The van der Waals surface area contributed by atoms with Gasteiger partial charge in [0, 0.05) is 6.61 Å². The van der Waals surface area contributed by atoms with Crippen LogP contribution < -0.4 is 5.56 Å². The van der Waals surface area contributed by atoms with Crippen LogP contribution >= 0.6 is 12.2 Å². The van der Waals surface area contributed by atoms with Crippen molar-refractivity contribution in [1.29, 1.82) is 0 Å². The van der Waals surface area contributed by atoms with Gasteiger partial charge in [0.05, 0.1) is 23.6 Å². The van der Waals surface area contributed by atoms with Crippen molar-refractivity contribution in [3.05, 3.63) is 39.4 Å². The van der Waals surface area contributed by atoms with E-state index in [0.717, 1.165) is 31.4 Å². The first kappa shape index (κ1) is 12.6. The number of benzene rings is 1. The molecule has 0 amide bonds. The summed E-state index contributed by atoms with van der Waals surface area (Å²) in [6.07, 6.45) is 3.36. The normalized spacial score (nSPS) is 19.7. The van der Waals surface area contributed by atoms with Crippen molar-refractivity contribution in [1.82, 2.24) is 9.55 Å². The molecule has 3 rings (SSSR count). The second-order valence-electron chi connectivity index (χ2n) is 4.88. The van der Waals surface area contributed by atoms with Crippen molar-refractivity contribution >= 4 is 23.1 Å². The third-order valence-corrected chi connectivity index (χ3v) is 3.87. The zero-order chi connectivity index (χ0) is 13.2. The van der Waals surface area contributed by atoms with Crippen LogP contribution in [0.5, 0.6) is 0 Å². The van der Waals surface area contributed by atoms with E-state index in [9.17, 15) is 4.79 Å². The summed E-state index contributed by atoms with van der Waals surface area (Å²) < 4.78 is 7.77. The van der Waals surface area contributed by atoms with E-state index in [1.807, 2.05) is 24.3 Å². The number of hydrogen-bond acceptors (Lipinski definition) is 3. The molecule has 2 aromatic rings. The molecule has 0 bridgehead atoms. The molecule has 19 heavy (non-hydrogen) atoms. The van der Waals surface area contributed by atoms with Crippen LogP contribution in [0.15, 0.2) is 29.1 Å². The minimum absolute atomic E-state index is 0.0338. The predicted molar refractivity (Wildman–Crippen MR) is 77.0 cm³/mol. The van der Waals surface area contributed by atoms with E-state index in [1.165, 1.54) is 0 Å². The minimum Gasteiger partial charge on any atom is -0.376 e. The molecule has 0 saturated carbocycles. The highest BCUT2D eigenvalue weighted by atomic mass is 32.1. The molecule has 1 saturated heterocycles. The van der Waals surface area contributed by atoms with Crippen molar-refractivity contribution in [2.45, 2.75) is 31.9 Å². The Balaban J connectivity index is 2.03. The molecule has 1 aliphatic heterocycles. The lowest BCUT2D eigenvalue weighted by Gasteiger charge is -2.23. The Morgan fingerprint density at radius 2 is 2.21 bits per heavy atom. The van der Waals surface area contributed by atoms with Gasteiger partial charge in [0.1, 0.15) is 0 Å². The van der Waals surface area contributed by atoms with Gasteiger partial charge in [0.15, 0.2) is 4.77 Å². The van der Waals surface area contributed by atoms with Crippen LogP contribution in [0.4, 0.5) is 0 Å². The van der Waals surface area contributed by atoms with Crippen molar-refractivity contribution < 1.29 is 4.74 Å². The lowest BCUT2D eigenvalue weighted by atomic mass is 10.1. The SMILES string of the molecule is O=c1c2ccccc2[nH]c(=S)n1CC1CCCCO1. The molecule has 1 atom stereocenters. The predicted octanol–water partition coefficient (Wildman–Crippen LogP) is 2.63. The molecular formula is C14H16N2O2S. The van der Waals surface area contributed by atoms with E-state index in [2.05, 4.69) is 4.98 Å². The summed E-state index contributed by atoms with van der Waals surface area (Å²) in [5.41, 5.74) is 0.756. The fourth-order valence-corrected chi connectivity index (χ4v) is 2.79. The maximum absolute atomic E-state index is 12.4. The van der Waals surface area contributed by atoms with Crippen LogP contribution in [0.3, 0.4) is 0 Å². The Kier molecular flexibility index (Phi) is 3.48. The topological polar surface area (TPSA) is 47.0 Å². The lowest BCUT2D eigenvalue weighted by Crippen LogP contribution is -2.31. The van der Waals surface area contributed by atoms with E-state index < -0.39 is 0 Å². The molecule has 0 aliphatic carbocycles. The summed E-state index contributed by atoms with van der Waals surface area (Å²) in [5.74, 6) is 0. The molecule has 1 aliphatic rings. The number of ether oxygens (including phenoxy) is 1. The van der Waals surface area contributed by atoms with Gasteiger partial charge in [-0.05, 0) is 43.6 Å². The molecule has 1 unspecified atom stereocenters. The Morgan fingerprint density at radius 3 is 3.00 bits per heavy atom. The number of fused-ring (bicyclic) bond motifs is 1. The Bertz CT molecular complexity index is 698. The Hall–Kier alpha value is -1.46. The van der Waals surface area contributed by atoms with E-state index in [1.54, 1.807) is 4.57 Å². The van der Waals surface area contributed by atoms with Gasteiger partial charge in [-0.2, -0.15) is 0 Å². The van der Waals surface area contributed by atoms with Crippen LogP contribution in [-0.2, 0) is 11.3 Å². The first-order chi connectivity index (χ1) is 9.25.